The highest BCUT2D eigenvalue weighted by atomic mass is 16.1. The highest BCUT2D eigenvalue weighted by Gasteiger charge is 2.10. The Morgan fingerprint density at radius 1 is 1.24 bits per heavy atom. The molecule has 0 saturated heterocycles. The molecule has 0 N–H and O–H groups in total. The van der Waals surface area contributed by atoms with Crippen molar-refractivity contribution in [3.63, 3.8) is 0 Å². The minimum Gasteiger partial charge on any atom is -0.300 e. The van der Waals surface area contributed by atoms with E-state index in [1.165, 1.54) is 5.56 Å². The average Bonchev–Trinajstić information content (AvgIpc) is 2.26. The number of ketones is 1. The van der Waals surface area contributed by atoms with Crippen LogP contribution in [0.25, 0.3) is 0 Å². The number of carbonyl (C=O) groups excluding carboxylic acids is 1. The minimum atomic E-state index is 0.0262. The van der Waals surface area contributed by atoms with Crippen molar-refractivity contribution >= 4 is 13.6 Å². The standard InChI is InChI=1S/C15H21BO/c1-12(2)10-14(16)11-15(17)9-8-13-6-4-3-5-7-13/h3-7,12,14H,8-11H2,1-2H3. The van der Waals surface area contributed by atoms with Crippen molar-refractivity contribution in [2.75, 3.05) is 0 Å². The number of hydrogen-bond acceptors (Lipinski definition) is 1. The van der Waals surface area contributed by atoms with E-state index in [1.807, 2.05) is 18.2 Å². The first kappa shape index (κ1) is 14.0. The predicted octanol–water partition coefficient (Wildman–Crippen LogP) is 3.58. The van der Waals surface area contributed by atoms with Gasteiger partial charge in [-0.05, 0) is 17.9 Å². The minimum absolute atomic E-state index is 0.0262. The summed E-state index contributed by atoms with van der Waals surface area (Å²) in [7, 11) is 5.92. The molecule has 90 valence electrons. The summed E-state index contributed by atoms with van der Waals surface area (Å²) in [6.07, 6.45) is 2.88. The zero-order valence-electron chi connectivity index (χ0n) is 10.9. The first-order chi connectivity index (χ1) is 8.08. The fraction of sp³-hybridized carbons (Fsp3) is 0.533. The van der Waals surface area contributed by atoms with Crippen LogP contribution in [0.3, 0.4) is 0 Å². The maximum atomic E-state index is 11.7. The number of aryl methyl sites for hydroxylation is 1. The van der Waals surface area contributed by atoms with Gasteiger partial charge in [0.15, 0.2) is 0 Å². The highest BCUT2D eigenvalue weighted by Crippen LogP contribution is 2.19. The lowest BCUT2D eigenvalue weighted by Crippen LogP contribution is -2.07. The van der Waals surface area contributed by atoms with Gasteiger partial charge in [-0.15, -0.1) is 0 Å². The fourth-order valence-corrected chi connectivity index (χ4v) is 2.01. The summed E-state index contributed by atoms with van der Waals surface area (Å²) >= 11 is 0. The summed E-state index contributed by atoms with van der Waals surface area (Å²) < 4.78 is 0. The van der Waals surface area contributed by atoms with Gasteiger partial charge in [0.1, 0.15) is 5.78 Å². The van der Waals surface area contributed by atoms with Crippen molar-refractivity contribution in [1.82, 2.24) is 0 Å². The quantitative estimate of drug-likeness (QED) is 0.652. The van der Waals surface area contributed by atoms with Gasteiger partial charge in [-0.3, -0.25) is 4.79 Å². The molecule has 17 heavy (non-hydrogen) atoms. The summed E-state index contributed by atoms with van der Waals surface area (Å²) in [5.74, 6) is 0.868. The monoisotopic (exact) mass is 228 g/mol. The van der Waals surface area contributed by atoms with Crippen LogP contribution in [0.5, 0.6) is 0 Å². The van der Waals surface area contributed by atoms with Gasteiger partial charge in [0, 0.05) is 12.8 Å². The van der Waals surface area contributed by atoms with Crippen LogP contribution in [0.4, 0.5) is 0 Å². The smallest absolute Gasteiger partial charge is 0.132 e. The van der Waals surface area contributed by atoms with Crippen LogP contribution in [0, 0.1) is 5.92 Å². The van der Waals surface area contributed by atoms with Gasteiger partial charge < -0.3 is 0 Å². The van der Waals surface area contributed by atoms with Crippen molar-refractivity contribution in [2.45, 2.75) is 45.3 Å². The summed E-state index contributed by atoms with van der Waals surface area (Å²) in [6.45, 7) is 4.27. The third-order valence-electron chi connectivity index (χ3n) is 2.80. The molecule has 0 saturated carbocycles. The van der Waals surface area contributed by atoms with E-state index < -0.39 is 0 Å². The van der Waals surface area contributed by atoms with Crippen LogP contribution in [0.2, 0.25) is 5.82 Å². The lowest BCUT2D eigenvalue weighted by molar-refractivity contribution is -0.119. The van der Waals surface area contributed by atoms with Gasteiger partial charge >= 0.3 is 0 Å². The summed E-state index contributed by atoms with van der Waals surface area (Å²) in [5.41, 5.74) is 1.22. The van der Waals surface area contributed by atoms with Crippen LogP contribution in [-0.2, 0) is 11.2 Å². The first-order valence-corrected chi connectivity index (χ1v) is 6.39. The van der Waals surface area contributed by atoms with Crippen LogP contribution in [0.15, 0.2) is 30.3 Å². The molecule has 0 bridgehead atoms. The Balaban J connectivity index is 2.26. The second-order valence-corrected chi connectivity index (χ2v) is 5.12. The van der Waals surface area contributed by atoms with Crippen molar-refractivity contribution in [3.8, 4) is 0 Å². The maximum Gasteiger partial charge on any atom is 0.132 e. The Bertz CT molecular complexity index is 332. The summed E-state index contributed by atoms with van der Waals surface area (Å²) in [5, 5.41) is 0. The molecule has 0 fully saturated rings. The Labute approximate surface area is 106 Å². The summed E-state index contributed by atoms with van der Waals surface area (Å²) in [4.78, 5) is 11.7. The number of benzene rings is 1. The van der Waals surface area contributed by atoms with E-state index in [0.29, 0.717) is 18.8 Å². The molecule has 1 rings (SSSR count). The molecule has 0 aliphatic carbocycles. The molecule has 0 amide bonds. The van der Waals surface area contributed by atoms with Crippen molar-refractivity contribution in [3.05, 3.63) is 35.9 Å². The molecule has 1 aromatic rings. The van der Waals surface area contributed by atoms with Gasteiger partial charge in [-0.1, -0.05) is 56.4 Å². The number of hydrogen-bond donors (Lipinski definition) is 0. The zero-order chi connectivity index (χ0) is 12.7. The Morgan fingerprint density at radius 3 is 2.47 bits per heavy atom. The SMILES string of the molecule is [B]C(CC(=O)CCc1ccccc1)CC(C)C. The van der Waals surface area contributed by atoms with Gasteiger partial charge in [0.05, 0.1) is 7.85 Å². The van der Waals surface area contributed by atoms with Crippen molar-refractivity contribution < 1.29 is 4.79 Å². The molecule has 1 unspecified atom stereocenters. The molecule has 0 spiro atoms. The van der Waals surface area contributed by atoms with E-state index in [2.05, 4.69) is 26.0 Å². The maximum absolute atomic E-state index is 11.7. The van der Waals surface area contributed by atoms with Crippen LogP contribution in [-0.4, -0.2) is 13.6 Å². The van der Waals surface area contributed by atoms with E-state index >= 15 is 0 Å². The third kappa shape index (κ3) is 6.30. The van der Waals surface area contributed by atoms with Crippen LogP contribution in [0.1, 0.15) is 38.7 Å². The van der Waals surface area contributed by atoms with E-state index in [-0.39, 0.29) is 11.6 Å². The molecule has 2 heteroatoms. The predicted molar refractivity (Wildman–Crippen MR) is 73.3 cm³/mol. The van der Waals surface area contributed by atoms with Crippen LogP contribution < -0.4 is 0 Å². The summed E-state index contributed by atoms with van der Waals surface area (Å²) in [6, 6.07) is 10.1. The lowest BCUT2D eigenvalue weighted by Gasteiger charge is -2.13. The van der Waals surface area contributed by atoms with Gasteiger partial charge in [-0.25, -0.2) is 0 Å². The fourth-order valence-electron chi connectivity index (χ4n) is 2.01. The molecular formula is C15H21BO. The second-order valence-electron chi connectivity index (χ2n) is 5.12. The number of carbonyl (C=O) groups is 1. The van der Waals surface area contributed by atoms with Crippen molar-refractivity contribution in [1.29, 1.82) is 0 Å². The molecular weight excluding hydrogens is 207 g/mol. The second kappa shape index (κ2) is 7.31. The molecule has 0 aliphatic rings. The molecule has 0 aliphatic heterocycles. The Morgan fingerprint density at radius 2 is 1.88 bits per heavy atom. The Kier molecular flexibility index (Phi) is 6.03. The topological polar surface area (TPSA) is 17.1 Å². The molecule has 2 radical (unpaired) electrons. The normalized spacial score (nSPS) is 12.6. The van der Waals surface area contributed by atoms with Crippen LogP contribution >= 0.6 is 0 Å². The number of rotatable bonds is 7. The molecule has 1 nitrogen and oxygen atoms in total. The highest BCUT2D eigenvalue weighted by molar-refractivity contribution is 6.13. The molecule has 0 aromatic heterocycles. The molecule has 1 aromatic carbocycles. The third-order valence-corrected chi connectivity index (χ3v) is 2.80. The van der Waals surface area contributed by atoms with E-state index in [9.17, 15) is 4.79 Å². The Hall–Kier alpha value is -1.05. The largest absolute Gasteiger partial charge is 0.300 e. The van der Waals surface area contributed by atoms with Gasteiger partial charge in [0.2, 0.25) is 0 Å². The zero-order valence-corrected chi connectivity index (χ0v) is 10.9. The number of Topliss-reactive ketones (excluding diaryl/α,β-unsaturated/α-hetero) is 1. The van der Waals surface area contributed by atoms with Gasteiger partial charge in [0.25, 0.3) is 0 Å². The molecule has 1 atom stereocenters. The molecule has 0 heterocycles. The lowest BCUT2D eigenvalue weighted by atomic mass is 9.77. The van der Waals surface area contributed by atoms with Crippen molar-refractivity contribution in [2.24, 2.45) is 5.92 Å². The van der Waals surface area contributed by atoms with E-state index in [1.54, 1.807) is 0 Å². The van der Waals surface area contributed by atoms with Gasteiger partial charge in [-0.2, -0.15) is 0 Å². The van der Waals surface area contributed by atoms with E-state index in [4.69, 9.17) is 7.85 Å². The van der Waals surface area contributed by atoms with E-state index in [0.717, 1.165) is 12.8 Å². The average molecular weight is 228 g/mol. The first-order valence-electron chi connectivity index (χ1n) is 6.39.